The van der Waals surface area contributed by atoms with Gasteiger partial charge in [-0.15, -0.1) is 0 Å². The van der Waals surface area contributed by atoms with Crippen molar-refractivity contribution < 1.29 is 13.2 Å². The summed E-state index contributed by atoms with van der Waals surface area (Å²) in [4.78, 5) is 1.57. The van der Waals surface area contributed by atoms with Crippen LogP contribution in [0, 0.1) is 0 Å². The van der Waals surface area contributed by atoms with E-state index in [1.54, 1.807) is 4.90 Å². The Balaban J connectivity index is 2.12. The van der Waals surface area contributed by atoms with Gasteiger partial charge in [0.25, 0.3) is 0 Å². The van der Waals surface area contributed by atoms with Crippen LogP contribution in [0.3, 0.4) is 0 Å². The van der Waals surface area contributed by atoms with E-state index in [1.165, 1.54) is 11.1 Å². The molecule has 0 aromatic heterocycles. The normalized spacial score (nSPS) is 19.2. The van der Waals surface area contributed by atoms with Gasteiger partial charge in [-0.1, -0.05) is 32.0 Å². The van der Waals surface area contributed by atoms with Crippen LogP contribution in [0.1, 0.15) is 49.4 Å². The summed E-state index contributed by atoms with van der Waals surface area (Å²) < 4.78 is 38.1. The van der Waals surface area contributed by atoms with Crippen LogP contribution in [0.25, 0.3) is 0 Å². The highest BCUT2D eigenvalue weighted by molar-refractivity contribution is 5.36. The van der Waals surface area contributed by atoms with Crippen LogP contribution in [-0.2, 0) is 13.0 Å². The second-order valence-electron chi connectivity index (χ2n) is 5.97. The molecule has 1 atom stereocenters. The summed E-state index contributed by atoms with van der Waals surface area (Å²) in [5.41, 5.74) is 3.49. The number of alkyl halides is 3. The average molecular weight is 314 g/mol. The largest absolute Gasteiger partial charge is 0.401 e. The first-order valence-electron chi connectivity index (χ1n) is 8.07. The van der Waals surface area contributed by atoms with Crippen molar-refractivity contribution in [2.45, 2.75) is 51.9 Å². The number of halogens is 3. The van der Waals surface area contributed by atoms with Gasteiger partial charge in [-0.3, -0.25) is 4.90 Å². The molecule has 0 saturated carbocycles. The molecular formula is C17H25F3N2. The Morgan fingerprint density at radius 3 is 2.68 bits per heavy atom. The van der Waals surface area contributed by atoms with Crippen molar-refractivity contribution in [3.63, 3.8) is 0 Å². The maximum absolute atomic E-state index is 12.7. The van der Waals surface area contributed by atoms with Crippen LogP contribution >= 0.6 is 0 Å². The summed E-state index contributed by atoms with van der Waals surface area (Å²) >= 11 is 0. The molecule has 2 nitrogen and oxygen atoms in total. The zero-order valence-electron chi connectivity index (χ0n) is 13.3. The van der Waals surface area contributed by atoms with Gasteiger partial charge in [-0.2, -0.15) is 13.2 Å². The summed E-state index contributed by atoms with van der Waals surface area (Å²) in [6, 6.07) is 6.10. The molecule has 0 bridgehead atoms. The summed E-state index contributed by atoms with van der Waals surface area (Å²) in [7, 11) is 0. The van der Waals surface area contributed by atoms with Crippen LogP contribution < -0.4 is 5.32 Å². The lowest BCUT2D eigenvalue weighted by molar-refractivity contribution is -0.152. The average Bonchev–Trinajstić information content (AvgIpc) is 2.46. The molecule has 1 aliphatic rings. The van der Waals surface area contributed by atoms with Crippen LogP contribution in [0.15, 0.2) is 18.2 Å². The zero-order valence-corrected chi connectivity index (χ0v) is 13.3. The van der Waals surface area contributed by atoms with E-state index < -0.39 is 12.7 Å². The van der Waals surface area contributed by atoms with Crippen molar-refractivity contribution in [2.24, 2.45) is 0 Å². The second kappa shape index (κ2) is 7.47. The van der Waals surface area contributed by atoms with Gasteiger partial charge in [0.1, 0.15) is 0 Å². The molecule has 0 radical (unpaired) electrons. The van der Waals surface area contributed by atoms with Gasteiger partial charge < -0.3 is 5.32 Å². The Morgan fingerprint density at radius 2 is 2.05 bits per heavy atom. The quantitative estimate of drug-likeness (QED) is 0.797. The monoisotopic (exact) mass is 314 g/mol. The predicted octanol–water partition coefficient (Wildman–Crippen LogP) is 4.06. The minimum absolute atomic E-state index is 0.122. The first-order chi connectivity index (χ1) is 10.4. The van der Waals surface area contributed by atoms with Gasteiger partial charge in [0.2, 0.25) is 0 Å². The number of fused-ring (bicyclic) bond motifs is 1. The second-order valence-corrected chi connectivity index (χ2v) is 5.97. The van der Waals surface area contributed by atoms with Crippen LogP contribution in [0.2, 0.25) is 0 Å². The van der Waals surface area contributed by atoms with E-state index in [1.807, 2.05) is 19.1 Å². The molecule has 0 spiro atoms. The van der Waals surface area contributed by atoms with Gasteiger partial charge in [0, 0.05) is 19.1 Å². The van der Waals surface area contributed by atoms with Gasteiger partial charge in [0.05, 0.1) is 6.54 Å². The molecule has 0 saturated heterocycles. The SMILES string of the molecule is CCCNCc1ccc2c(c1)CCN(CC(F)(F)F)C2CC. The number of benzene rings is 1. The first-order valence-corrected chi connectivity index (χ1v) is 8.07. The molecular weight excluding hydrogens is 289 g/mol. The summed E-state index contributed by atoms with van der Waals surface area (Å²) in [6.45, 7) is 5.56. The van der Waals surface area contributed by atoms with E-state index >= 15 is 0 Å². The molecule has 1 aromatic carbocycles. The highest BCUT2D eigenvalue weighted by Gasteiger charge is 2.36. The Kier molecular flexibility index (Phi) is 5.87. The molecule has 5 heteroatoms. The van der Waals surface area contributed by atoms with E-state index in [4.69, 9.17) is 0 Å². The third-order valence-electron chi connectivity index (χ3n) is 4.20. The Morgan fingerprint density at radius 1 is 1.27 bits per heavy atom. The van der Waals surface area contributed by atoms with Gasteiger partial charge >= 0.3 is 6.18 Å². The molecule has 1 aliphatic heterocycles. The van der Waals surface area contributed by atoms with Crippen molar-refractivity contribution in [3.05, 3.63) is 34.9 Å². The Hall–Kier alpha value is -1.07. The number of rotatable bonds is 6. The van der Waals surface area contributed by atoms with Gasteiger partial charge in [0.15, 0.2) is 0 Å². The molecule has 1 N–H and O–H groups in total. The van der Waals surface area contributed by atoms with E-state index in [0.717, 1.165) is 25.1 Å². The maximum atomic E-state index is 12.7. The lowest BCUT2D eigenvalue weighted by atomic mass is 9.89. The molecule has 0 fully saturated rings. The molecule has 0 aliphatic carbocycles. The summed E-state index contributed by atoms with van der Waals surface area (Å²) in [5, 5.41) is 3.36. The third kappa shape index (κ3) is 4.46. The lowest BCUT2D eigenvalue weighted by Crippen LogP contribution is -2.41. The third-order valence-corrected chi connectivity index (χ3v) is 4.20. The standard InChI is InChI=1S/C17H25F3N2/c1-3-8-21-11-13-5-6-15-14(10-13)7-9-22(16(15)4-2)12-17(18,19)20/h5-6,10,16,21H,3-4,7-9,11-12H2,1-2H3. The summed E-state index contributed by atoms with van der Waals surface area (Å²) in [6.07, 6.45) is -1.63. The van der Waals surface area contributed by atoms with Gasteiger partial charge in [-0.05, 0) is 42.5 Å². The first kappa shape index (κ1) is 17.3. The van der Waals surface area contributed by atoms with Crippen LogP contribution in [0.4, 0.5) is 13.2 Å². The van der Waals surface area contributed by atoms with Crippen molar-refractivity contribution in [1.29, 1.82) is 0 Å². The molecule has 1 aromatic rings. The fourth-order valence-corrected chi connectivity index (χ4v) is 3.23. The van der Waals surface area contributed by atoms with Crippen molar-refractivity contribution in [1.82, 2.24) is 10.2 Å². The lowest BCUT2D eigenvalue weighted by Gasteiger charge is -2.37. The van der Waals surface area contributed by atoms with Gasteiger partial charge in [-0.25, -0.2) is 0 Å². The van der Waals surface area contributed by atoms with E-state index in [-0.39, 0.29) is 6.04 Å². The molecule has 1 unspecified atom stereocenters. The highest BCUT2D eigenvalue weighted by atomic mass is 19.4. The zero-order chi connectivity index (χ0) is 16.2. The molecule has 1 heterocycles. The Labute approximate surface area is 130 Å². The number of nitrogens with zero attached hydrogens (tertiary/aromatic N) is 1. The molecule has 2 rings (SSSR count). The summed E-state index contributed by atoms with van der Waals surface area (Å²) in [5.74, 6) is 0. The van der Waals surface area contributed by atoms with Crippen LogP contribution in [-0.4, -0.2) is 30.7 Å². The fourth-order valence-electron chi connectivity index (χ4n) is 3.23. The number of hydrogen-bond donors (Lipinski definition) is 1. The van der Waals surface area contributed by atoms with E-state index in [9.17, 15) is 13.2 Å². The van der Waals surface area contributed by atoms with Crippen molar-refractivity contribution in [3.8, 4) is 0 Å². The number of nitrogens with one attached hydrogen (secondary N) is 1. The smallest absolute Gasteiger partial charge is 0.313 e. The van der Waals surface area contributed by atoms with Crippen molar-refractivity contribution in [2.75, 3.05) is 19.6 Å². The Bertz CT molecular complexity index is 485. The topological polar surface area (TPSA) is 15.3 Å². The van der Waals surface area contributed by atoms with E-state index in [0.29, 0.717) is 19.4 Å². The highest BCUT2D eigenvalue weighted by Crippen LogP contribution is 2.34. The fraction of sp³-hybridized carbons (Fsp3) is 0.647. The molecule has 22 heavy (non-hydrogen) atoms. The minimum atomic E-state index is -4.13. The molecule has 124 valence electrons. The van der Waals surface area contributed by atoms with E-state index in [2.05, 4.69) is 18.3 Å². The number of hydrogen-bond acceptors (Lipinski definition) is 2. The minimum Gasteiger partial charge on any atom is -0.313 e. The predicted molar refractivity (Wildman–Crippen MR) is 82.8 cm³/mol. The maximum Gasteiger partial charge on any atom is 0.401 e. The van der Waals surface area contributed by atoms with Crippen LogP contribution in [0.5, 0.6) is 0 Å². The van der Waals surface area contributed by atoms with Crippen molar-refractivity contribution >= 4 is 0 Å². The molecule has 0 amide bonds.